The Morgan fingerprint density at radius 2 is 1.97 bits per heavy atom. The fourth-order valence-corrected chi connectivity index (χ4v) is 4.23. The smallest absolute Gasteiger partial charge is 0.239 e. The van der Waals surface area contributed by atoms with Crippen LogP contribution in [-0.2, 0) is 10.2 Å². The van der Waals surface area contributed by atoms with Crippen LogP contribution < -0.4 is 10.2 Å². The van der Waals surface area contributed by atoms with E-state index in [0.29, 0.717) is 18.4 Å². The van der Waals surface area contributed by atoms with Crippen LogP contribution in [0.15, 0.2) is 54.7 Å². The summed E-state index contributed by atoms with van der Waals surface area (Å²) < 4.78 is 1.81. The van der Waals surface area contributed by atoms with Crippen molar-refractivity contribution in [2.24, 2.45) is 0 Å². The van der Waals surface area contributed by atoms with Crippen LogP contribution in [0.5, 0.6) is 0 Å². The Morgan fingerprint density at radius 1 is 1.18 bits per heavy atom. The average Bonchev–Trinajstić information content (AvgIpc) is 3.42. The fourth-order valence-electron chi connectivity index (χ4n) is 4.23. The summed E-state index contributed by atoms with van der Waals surface area (Å²) in [7, 11) is 1.99. The second-order valence-electron chi connectivity index (χ2n) is 9.73. The first-order valence-electron chi connectivity index (χ1n) is 11.5. The Kier molecular flexibility index (Phi) is 6.74. The van der Waals surface area contributed by atoms with Crippen molar-refractivity contribution < 1.29 is 4.79 Å². The first kappa shape index (κ1) is 22.9. The average molecular weight is 448 g/mol. The molecule has 2 aromatic heterocycles. The number of aromatic nitrogens is 4. The number of nitrogens with one attached hydrogen (secondary N) is 1. The van der Waals surface area contributed by atoms with E-state index in [1.54, 1.807) is 6.20 Å². The van der Waals surface area contributed by atoms with Gasteiger partial charge < -0.3 is 10.2 Å². The van der Waals surface area contributed by atoms with Crippen molar-refractivity contribution in [1.29, 1.82) is 0 Å². The van der Waals surface area contributed by atoms with Crippen LogP contribution in [0.2, 0.25) is 0 Å². The van der Waals surface area contributed by atoms with Crippen molar-refractivity contribution in [3.63, 3.8) is 0 Å². The van der Waals surface area contributed by atoms with Gasteiger partial charge in [0.1, 0.15) is 5.82 Å². The number of hydrogen-bond donors (Lipinski definition) is 1. The van der Waals surface area contributed by atoms with E-state index in [4.69, 9.17) is 5.10 Å². The van der Waals surface area contributed by atoms with Gasteiger partial charge in [0.25, 0.3) is 0 Å². The zero-order valence-corrected chi connectivity index (χ0v) is 19.9. The van der Waals surface area contributed by atoms with Crippen molar-refractivity contribution in [1.82, 2.24) is 24.9 Å². The molecule has 174 valence electrons. The van der Waals surface area contributed by atoms with Gasteiger partial charge in [-0.15, -0.1) is 5.10 Å². The number of amides is 1. The van der Waals surface area contributed by atoms with Gasteiger partial charge in [-0.1, -0.05) is 39.0 Å². The van der Waals surface area contributed by atoms with E-state index in [2.05, 4.69) is 46.1 Å². The number of likely N-dealkylation sites (N-methyl/N-ethyl adjacent to an activating group) is 1. The largest absolute Gasteiger partial charge is 0.351 e. The lowest BCUT2D eigenvalue weighted by molar-refractivity contribution is -0.117. The molecule has 0 spiro atoms. The summed E-state index contributed by atoms with van der Waals surface area (Å²) in [6.07, 6.45) is 3.89. The molecule has 1 N–H and O–H groups in total. The molecule has 1 amide bonds. The van der Waals surface area contributed by atoms with Gasteiger partial charge in [0.15, 0.2) is 5.82 Å². The van der Waals surface area contributed by atoms with Gasteiger partial charge >= 0.3 is 0 Å². The van der Waals surface area contributed by atoms with E-state index in [-0.39, 0.29) is 11.3 Å². The van der Waals surface area contributed by atoms with Crippen molar-refractivity contribution in [2.75, 3.05) is 36.9 Å². The van der Waals surface area contributed by atoms with Gasteiger partial charge in [-0.05, 0) is 44.2 Å². The van der Waals surface area contributed by atoms with Crippen LogP contribution in [0.25, 0.3) is 5.69 Å². The highest BCUT2D eigenvalue weighted by molar-refractivity contribution is 5.91. The molecule has 1 fully saturated rings. The molecule has 1 atom stereocenters. The molecular formula is C25H33N7O. The van der Waals surface area contributed by atoms with E-state index in [9.17, 15) is 4.79 Å². The van der Waals surface area contributed by atoms with Crippen molar-refractivity contribution in [2.45, 2.75) is 45.1 Å². The Balaban J connectivity index is 1.43. The molecule has 1 aromatic carbocycles. The molecule has 1 aliphatic rings. The Labute approximate surface area is 195 Å². The van der Waals surface area contributed by atoms with Crippen molar-refractivity contribution in [3.8, 4) is 5.69 Å². The third-order valence-corrected chi connectivity index (χ3v) is 5.91. The molecule has 8 nitrogen and oxygen atoms in total. The third-order valence-electron chi connectivity index (χ3n) is 5.91. The van der Waals surface area contributed by atoms with Crippen molar-refractivity contribution >= 4 is 17.5 Å². The van der Waals surface area contributed by atoms with Crippen LogP contribution in [0.4, 0.5) is 11.6 Å². The predicted octanol–water partition coefficient (Wildman–Crippen LogP) is 3.50. The monoisotopic (exact) mass is 447 g/mol. The number of carbonyl (C=O) groups excluding carboxylic acids is 1. The third kappa shape index (κ3) is 5.57. The Hall–Kier alpha value is -3.26. The zero-order valence-electron chi connectivity index (χ0n) is 19.9. The van der Waals surface area contributed by atoms with Crippen LogP contribution in [-0.4, -0.2) is 63.5 Å². The minimum Gasteiger partial charge on any atom is -0.351 e. The lowest BCUT2D eigenvalue weighted by Gasteiger charge is -2.28. The highest BCUT2D eigenvalue weighted by Gasteiger charge is 2.27. The number of anilines is 2. The number of rotatable bonds is 7. The standard InChI is InChI=1S/C25H33N7O/c1-25(2,3)21-16-23(32(29-21)19-10-6-5-7-11-19)27-24(33)18-30(4)17-20-12-9-15-31(20)22-13-8-14-26-28-22/h5-8,10-11,13-14,16,20H,9,12,15,17-18H2,1-4H3,(H,27,33). The maximum absolute atomic E-state index is 13.0. The fraction of sp³-hybridized carbons (Fsp3) is 0.440. The summed E-state index contributed by atoms with van der Waals surface area (Å²) in [4.78, 5) is 17.3. The molecule has 4 rings (SSSR count). The predicted molar refractivity (Wildman–Crippen MR) is 131 cm³/mol. The van der Waals surface area contributed by atoms with Crippen LogP contribution in [0, 0.1) is 0 Å². The van der Waals surface area contributed by atoms with Gasteiger partial charge in [-0.3, -0.25) is 9.69 Å². The molecule has 33 heavy (non-hydrogen) atoms. The number of nitrogens with zero attached hydrogens (tertiary/aromatic N) is 6. The Morgan fingerprint density at radius 3 is 2.67 bits per heavy atom. The SMILES string of the molecule is CN(CC(=O)Nc1cc(C(C)(C)C)nn1-c1ccccc1)CC1CCCN1c1cccnn1. The molecule has 1 unspecified atom stereocenters. The number of para-hydroxylation sites is 1. The highest BCUT2D eigenvalue weighted by Crippen LogP contribution is 2.26. The molecule has 8 heteroatoms. The van der Waals surface area contributed by atoms with Gasteiger partial charge in [0.2, 0.25) is 5.91 Å². The first-order chi connectivity index (χ1) is 15.8. The summed E-state index contributed by atoms with van der Waals surface area (Å²) in [5.74, 6) is 1.53. The lowest BCUT2D eigenvalue weighted by Crippen LogP contribution is -2.42. The molecule has 0 saturated carbocycles. The first-order valence-corrected chi connectivity index (χ1v) is 11.5. The molecule has 0 bridgehead atoms. The molecule has 0 aliphatic carbocycles. The molecule has 0 radical (unpaired) electrons. The van der Waals surface area contributed by atoms with Gasteiger partial charge in [-0.25, -0.2) is 4.68 Å². The van der Waals surface area contributed by atoms with E-state index in [0.717, 1.165) is 43.1 Å². The number of hydrogen-bond acceptors (Lipinski definition) is 6. The maximum atomic E-state index is 13.0. The maximum Gasteiger partial charge on any atom is 0.239 e. The lowest BCUT2D eigenvalue weighted by atomic mass is 9.92. The molecular weight excluding hydrogens is 414 g/mol. The van der Waals surface area contributed by atoms with E-state index < -0.39 is 0 Å². The van der Waals surface area contributed by atoms with Crippen LogP contribution in [0.3, 0.4) is 0 Å². The molecule has 3 heterocycles. The Bertz CT molecular complexity index is 1060. The molecule has 1 aliphatic heterocycles. The summed E-state index contributed by atoms with van der Waals surface area (Å²) in [6.45, 7) is 8.41. The van der Waals surface area contributed by atoms with Crippen LogP contribution in [0.1, 0.15) is 39.3 Å². The zero-order chi connectivity index (χ0) is 23.4. The normalized spacial score (nSPS) is 16.4. The van der Waals surface area contributed by atoms with Gasteiger partial charge in [0.05, 0.1) is 17.9 Å². The van der Waals surface area contributed by atoms with Gasteiger partial charge in [0, 0.05) is 36.8 Å². The van der Waals surface area contributed by atoms with E-state index >= 15 is 0 Å². The summed E-state index contributed by atoms with van der Waals surface area (Å²) in [5.41, 5.74) is 1.73. The quantitative estimate of drug-likeness (QED) is 0.597. The number of benzene rings is 1. The summed E-state index contributed by atoms with van der Waals surface area (Å²) in [6, 6.07) is 16.1. The minimum atomic E-state index is -0.122. The van der Waals surface area contributed by atoms with E-state index in [1.165, 1.54) is 0 Å². The van der Waals surface area contributed by atoms with Crippen molar-refractivity contribution in [3.05, 3.63) is 60.4 Å². The van der Waals surface area contributed by atoms with Gasteiger partial charge in [-0.2, -0.15) is 10.2 Å². The highest BCUT2D eigenvalue weighted by atomic mass is 16.2. The summed E-state index contributed by atoms with van der Waals surface area (Å²) >= 11 is 0. The second-order valence-corrected chi connectivity index (χ2v) is 9.73. The molecule has 3 aromatic rings. The van der Waals surface area contributed by atoms with Crippen LogP contribution >= 0.6 is 0 Å². The molecule has 1 saturated heterocycles. The number of carbonyl (C=O) groups is 1. The second kappa shape index (κ2) is 9.70. The topological polar surface area (TPSA) is 79.2 Å². The summed E-state index contributed by atoms with van der Waals surface area (Å²) in [5, 5.41) is 16.1. The minimum absolute atomic E-state index is 0.0564. The van der Waals surface area contributed by atoms with E-state index in [1.807, 2.05) is 60.3 Å².